The number of carboxylic acid groups (broad SMARTS) is 1. The van der Waals surface area contributed by atoms with Crippen molar-refractivity contribution in [3.63, 3.8) is 0 Å². The first-order valence-electron chi connectivity index (χ1n) is 7.01. The Balaban J connectivity index is 2.63. The van der Waals surface area contributed by atoms with Crippen molar-refractivity contribution in [1.29, 1.82) is 0 Å². The molecule has 1 aromatic carbocycles. The Hall–Kier alpha value is -1.22. The van der Waals surface area contributed by atoms with Crippen LogP contribution in [0.15, 0.2) is 41.8 Å². The van der Waals surface area contributed by atoms with Gasteiger partial charge in [0.1, 0.15) is 0 Å². The number of carbonyl (C=O) groups is 1. The quantitative estimate of drug-likeness (QED) is 0.721. The van der Waals surface area contributed by atoms with Gasteiger partial charge in [0.2, 0.25) is 0 Å². The Morgan fingerprint density at radius 1 is 1.20 bits per heavy atom. The highest BCUT2D eigenvalue weighted by molar-refractivity contribution is 8.03. The van der Waals surface area contributed by atoms with E-state index in [1.165, 1.54) is 5.56 Å². The maximum atomic E-state index is 10.7. The summed E-state index contributed by atoms with van der Waals surface area (Å²) in [5, 5.41) is 9.18. The van der Waals surface area contributed by atoms with Gasteiger partial charge >= 0.3 is 5.97 Å². The molecule has 0 spiro atoms. The lowest BCUT2D eigenvalue weighted by atomic mass is 10.0. The van der Waals surface area contributed by atoms with E-state index in [-0.39, 0.29) is 12.3 Å². The average molecular weight is 292 g/mol. The lowest BCUT2D eigenvalue weighted by Crippen LogP contribution is -2.06. The molecule has 0 radical (unpaired) electrons. The smallest absolute Gasteiger partial charge is 0.303 e. The molecule has 1 rings (SSSR count). The van der Waals surface area contributed by atoms with E-state index in [9.17, 15) is 4.79 Å². The molecule has 110 valence electrons. The first-order chi connectivity index (χ1) is 9.40. The number of hydrogen-bond donors (Lipinski definition) is 1. The number of carboxylic acids is 1. The zero-order valence-corrected chi connectivity index (χ0v) is 13.3. The molecule has 2 nitrogen and oxygen atoms in total. The molecule has 1 N–H and O–H groups in total. The molecule has 0 heterocycles. The molecule has 1 aromatic rings. The highest BCUT2D eigenvalue weighted by Crippen LogP contribution is 2.41. The molecule has 0 aliphatic carbocycles. The number of benzene rings is 1. The first-order valence-corrected chi connectivity index (χ1v) is 7.89. The molecule has 0 fully saturated rings. The average Bonchev–Trinajstić information content (AvgIpc) is 2.35. The van der Waals surface area contributed by atoms with Crippen LogP contribution in [-0.2, 0) is 4.79 Å². The minimum Gasteiger partial charge on any atom is -0.481 e. The lowest BCUT2D eigenvalue weighted by Gasteiger charge is -2.23. The van der Waals surface area contributed by atoms with Crippen LogP contribution in [-0.4, -0.2) is 11.1 Å². The molecule has 2 atom stereocenters. The summed E-state index contributed by atoms with van der Waals surface area (Å²) < 4.78 is 0. The molecule has 0 saturated carbocycles. The van der Waals surface area contributed by atoms with E-state index in [1.54, 1.807) is 11.8 Å². The summed E-state index contributed by atoms with van der Waals surface area (Å²) >= 11 is 1.77. The van der Waals surface area contributed by atoms with Crippen LogP contribution in [0.2, 0.25) is 0 Å². The van der Waals surface area contributed by atoms with Crippen molar-refractivity contribution in [3.8, 4) is 0 Å². The van der Waals surface area contributed by atoms with Crippen LogP contribution in [0.25, 0.3) is 0 Å². The normalized spacial score (nSPS) is 14.0. The predicted octanol–water partition coefficient (Wildman–Crippen LogP) is 5.13. The van der Waals surface area contributed by atoms with E-state index < -0.39 is 5.97 Å². The van der Waals surface area contributed by atoms with Crippen LogP contribution in [0.3, 0.4) is 0 Å². The molecule has 20 heavy (non-hydrogen) atoms. The van der Waals surface area contributed by atoms with Gasteiger partial charge < -0.3 is 5.11 Å². The molecule has 0 aliphatic rings. The monoisotopic (exact) mass is 292 g/mol. The summed E-state index contributed by atoms with van der Waals surface area (Å²) in [6.45, 7) is 10.5. The number of rotatable bonds is 8. The summed E-state index contributed by atoms with van der Waals surface area (Å²) in [5.74, 6) is -0.0937. The Bertz CT molecular complexity index is 440. The number of thioether (sulfide) groups is 1. The second-order valence-corrected chi connectivity index (χ2v) is 6.96. The first kappa shape index (κ1) is 16.8. The number of allylic oxidation sites excluding steroid dienone is 1. The number of aliphatic carboxylic acids is 1. The maximum absolute atomic E-state index is 10.7. The summed E-state index contributed by atoms with van der Waals surface area (Å²) in [6, 6.07) is 10.4. The van der Waals surface area contributed by atoms with E-state index in [4.69, 9.17) is 5.11 Å². The third-order valence-electron chi connectivity index (χ3n) is 3.13. The fourth-order valence-electron chi connectivity index (χ4n) is 2.22. The van der Waals surface area contributed by atoms with Gasteiger partial charge in [-0.3, -0.25) is 4.79 Å². The lowest BCUT2D eigenvalue weighted by molar-refractivity contribution is -0.137. The largest absolute Gasteiger partial charge is 0.481 e. The van der Waals surface area contributed by atoms with Gasteiger partial charge in [-0.15, -0.1) is 11.8 Å². The Kier molecular flexibility index (Phi) is 6.86. The van der Waals surface area contributed by atoms with Crippen molar-refractivity contribution >= 4 is 17.7 Å². The van der Waals surface area contributed by atoms with Crippen LogP contribution in [0, 0.1) is 11.8 Å². The van der Waals surface area contributed by atoms with Crippen LogP contribution < -0.4 is 0 Å². The molecule has 0 aromatic heterocycles. The van der Waals surface area contributed by atoms with Gasteiger partial charge in [0.25, 0.3) is 0 Å². The molecule has 0 saturated heterocycles. The molecular formula is C17H24O2S. The van der Waals surface area contributed by atoms with Gasteiger partial charge in [-0.1, -0.05) is 57.7 Å². The minimum absolute atomic E-state index is 0.135. The summed E-state index contributed by atoms with van der Waals surface area (Å²) in [6.07, 6.45) is 0.963. The predicted molar refractivity (Wildman–Crippen MR) is 86.8 cm³/mol. The van der Waals surface area contributed by atoms with E-state index in [2.05, 4.69) is 44.7 Å². The van der Waals surface area contributed by atoms with Gasteiger partial charge in [-0.05, 0) is 28.7 Å². The van der Waals surface area contributed by atoms with Crippen molar-refractivity contribution in [2.75, 3.05) is 0 Å². The van der Waals surface area contributed by atoms with E-state index in [0.717, 1.165) is 11.3 Å². The second kappa shape index (κ2) is 8.15. The Labute approximate surface area is 126 Å². The zero-order valence-electron chi connectivity index (χ0n) is 12.5. The Morgan fingerprint density at radius 3 is 2.30 bits per heavy atom. The van der Waals surface area contributed by atoms with Gasteiger partial charge in [-0.25, -0.2) is 0 Å². The van der Waals surface area contributed by atoms with Crippen LogP contribution in [0.5, 0.6) is 0 Å². The summed E-state index contributed by atoms with van der Waals surface area (Å²) in [4.78, 5) is 11.8. The molecule has 0 unspecified atom stereocenters. The molecule has 0 aliphatic heterocycles. The fraction of sp³-hybridized carbons (Fsp3) is 0.471. The van der Waals surface area contributed by atoms with E-state index in [0.29, 0.717) is 11.2 Å². The summed E-state index contributed by atoms with van der Waals surface area (Å²) in [7, 11) is 0. The molecular weight excluding hydrogens is 268 g/mol. The van der Waals surface area contributed by atoms with Crippen molar-refractivity contribution in [2.24, 2.45) is 11.8 Å². The third kappa shape index (κ3) is 5.83. The van der Waals surface area contributed by atoms with Gasteiger partial charge in [0.15, 0.2) is 0 Å². The van der Waals surface area contributed by atoms with Crippen LogP contribution >= 0.6 is 11.8 Å². The molecule has 0 amide bonds. The summed E-state index contributed by atoms with van der Waals surface area (Å²) in [5.41, 5.74) is 1.31. The highest BCUT2D eigenvalue weighted by atomic mass is 32.2. The van der Waals surface area contributed by atoms with Gasteiger partial charge in [0, 0.05) is 11.7 Å². The number of hydrogen-bond acceptors (Lipinski definition) is 2. The van der Waals surface area contributed by atoms with Gasteiger partial charge in [0.05, 0.1) is 0 Å². The fourth-order valence-corrected chi connectivity index (χ4v) is 3.52. The minimum atomic E-state index is -0.737. The van der Waals surface area contributed by atoms with Crippen molar-refractivity contribution < 1.29 is 9.90 Å². The highest BCUT2D eigenvalue weighted by Gasteiger charge is 2.19. The van der Waals surface area contributed by atoms with E-state index >= 15 is 0 Å². The molecule has 3 heteroatoms. The Morgan fingerprint density at radius 2 is 1.80 bits per heavy atom. The van der Waals surface area contributed by atoms with Crippen molar-refractivity contribution in [3.05, 3.63) is 47.4 Å². The van der Waals surface area contributed by atoms with Crippen LogP contribution in [0.1, 0.15) is 44.4 Å². The van der Waals surface area contributed by atoms with Crippen molar-refractivity contribution in [1.82, 2.24) is 0 Å². The van der Waals surface area contributed by atoms with Gasteiger partial charge in [-0.2, -0.15) is 0 Å². The van der Waals surface area contributed by atoms with E-state index in [1.807, 2.05) is 13.0 Å². The topological polar surface area (TPSA) is 37.3 Å². The molecule has 0 bridgehead atoms. The van der Waals surface area contributed by atoms with Crippen LogP contribution in [0.4, 0.5) is 0 Å². The standard InChI is InChI=1S/C17H24O2S/c1-12(2)17(15-8-6-5-7-9-15)20-14(4)10-13(3)11-16(18)19/h5-9,12-13,17H,4,10-11H2,1-3H3,(H,18,19)/t13-,17+/m0/s1. The maximum Gasteiger partial charge on any atom is 0.303 e. The second-order valence-electron chi connectivity index (χ2n) is 5.64. The SMILES string of the molecule is C=C(C[C@H](C)CC(=O)O)S[C@@H](c1ccccc1)C(C)C. The zero-order chi connectivity index (χ0) is 15.1. The van der Waals surface area contributed by atoms with Crippen molar-refractivity contribution in [2.45, 2.75) is 38.9 Å². The third-order valence-corrected chi connectivity index (χ3v) is 4.70.